The Morgan fingerprint density at radius 3 is 2.39 bits per heavy atom. The Labute approximate surface area is 166 Å². The van der Waals surface area contributed by atoms with Crippen LogP contribution >= 0.6 is 11.6 Å². The summed E-state index contributed by atoms with van der Waals surface area (Å²) < 4.78 is 30.0. The zero-order chi connectivity index (χ0) is 20.3. The Kier molecular flexibility index (Phi) is 5.71. The van der Waals surface area contributed by atoms with Crippen LogP contribution in [0, 0.1) is 6.92 Å². The number of hydrazine groups is 1. The summed E-state index contributed by atoms with van der Waals surface area (Å²) in [6, 6.07) is 12.9. The summed E-state index contributed by atoms with van der Waals surface area (Å²) >= 11 is 5.74. The molecule has 0 radical (unpaired) electrons. The Morgan fingerprint density at radius 2 is 1.71 bits per heavy atom. The first-order valence-electron chi connectivity index (χ1n) is 8.33. The van der Waals surface area contributed by atoms with Crippen LogP contribution < -0.4 is 10.9 Å². The normalized spacial score (nSPS) is 11.4. The number of halogens is 1. The molecular weight excluding hydrogens is 404 g/mol. The van der Waals surface area contributed by atoms with E-state index in [1.807, 2.05) is 12.1 Å². The molecule has 0 bridgehead atoms. The molecule has 0 saturated carbocycles. The summed E-state index contributed by atoms with van der Waals surface area (Å²) in [6.07, 6.45) is -0.315. The first-order chi connectivity index (χ1) is 13.3. The molecule has 0 aliphatic carbocycles. The van der Waals surface area contributed by atoms with Crippen LogP contribution in [0.5, 0.6) is 0 Å². The van der Waals surface area contributed by atoms with Gasteiger partial charge in [0.05, 0.1) is 10.6 Å². The van der Waals surface area contributed by atoms with E-state index >= 15 is 0 Å². The maximum atomic E-state index is 12.2. The van der Waals surface area contributed by atoms with E-state index in [4.69, 9.17) is 16.0 Å². The quantitative estimate of drug-likeness (QED) is 0.617. The second-order valence-electron chi connectivity index (χ2n) is 6.08. The largest absolute Gasteiger partial charge is 0.451 e. The van der Waals surface area contributed by atoms with Crippen LogP contribution in [-0.2, 0) is 14.6 Å². The number of furan rings is 1. The van der Waals surface area contributed by atoms with Crippen LogP contribution in [0.3, 0.4) is 0 Å². The first-order valence-corrected chi connectivity index (χ1v) is 10.4. The lowest BCUT2D eigenvalue weighted by Gasteiger charge is -2.07. The third-order valence-corrected chi connectivity index (χ3v) is 6.12. The standard InChI is InChI=1S/C19H17ClN2O5S/c1-12-15-4-2-3-5-16(15)27-18(12)19(24)22-21-17(23)10-11-28(25,26)14-8-6-13(20)7-9-14/h2-9H,10-11H2,1H3,(H,21,23)(H,22,24). The van der Waals surface area contributed by atoms with Gasteiger partial charge in [-0.05, 0) is 37.3 Å². The van der Waals surface area contributed by atoms with E-state index in [0.717, 1.165) is 5.39 Å². The molecule has 0 saturated heterocycles. The maximum Gasteiger partial charge on any atom is 0.305 e. The molecule has 7 nitrogen and oxygen atoms in total. The molecule has 3 rings (SSSR count). The molecule has 0 atom stereocenters. The second-order valence-corrected chi connectivity index (χ2v) is 8.62. The average Bonchev–Trinajstić information content (AvgIpc) is 3.02. The lowest BCUT2D eigenvalue weighted by atomic mass is 10.1. The third-order valence-electron chi connectivity index (χ3n) is 4.14. The number of rotatable bonds is 5. The van der Waals surface area contributed by atoms with Gasteiger partial charge < -0.3 is 4.42 Å². The zero-order valence-electron chi connectivity index (χ0n) is 14.9. The number of fused-ring (bicyclic) bond motifs is 1. The van der Waals surface area contributed by atoms with Crippen molar-refractivity contribution in [3.63, 3.8) is 0 Å². The van der Waals surface area contributed by atoms with Crippen LogP contribution in [0.15, 0.2) is 57.8 Å². The number of benzene rings is 2. The molecule has 1 heterocycles. The van der Waals surface area contributed by atoms with Gasteiger partial charge in [-0.3, -0.25) is 20.4 Å². The summed E-state index contributed by atoms with van der Waals surface area (Å²) in [7, 11) is -3.64. The summed E-state index contributed by atoms with van der Waals surface area (Å²) in [5.41, 5.74) is 5.65. The SMILES string of the molecule is Cc1c(C(=O)NNC(=O)CCS(=O)(=O)c2ccc(Cl)cc2)oc2ccccc12. The van der Waals surface area contributed by atoms with Gasteiger partial charge in [0.2, 0.25) is 5.91 Å². The van der Waals surface area contributed by atoms with Crippen molar-refractivity contribution in [2.24, 2.45) is 0 Å². The molecule has 146 valence electrons. The molecule has 0 fully saturated rings. The molecule has 2 N–H and O–H groups in total. The molecule has 3 aromatic rings. The van der Waals surface area contributed by atoms with Gasteiger partial charge in [0.25, 0.3) is 0 Å². The van der Waals surface area contributed by atoms with Crippen LogP contribution in [0.4, 0.5) is 0 Å². The number of hydrogen-bond acceptors (Lipinski definition) is 5. The Morgan fingerprint density at radius 1 is 1.04 bits per heavy atom. The number of amides is 2. The topological polar surface area (TPSA) is 105 Å². The number of sulfone groups is 1. The number of carbonyl (C=O) groups excluding carboxylic acids is 2. The van der Waals surface area contributed by atoms with Crippen molar-refractivity contribution in [1.82, 2.24) is 10.9 Å². The maximum absolute atomic E-state index is 12.2. The molecule has 2 aromatic carbocycles. The van der Waals surface area contributed by atoms with E-state index in [0.29, 0.717) is 16.2 Å². The number of nitrogens with one attached hydrogen (secondary N) is 2. The van der Waals surface area contributed by atoms with Gasteiger partial charge in [-0.25, -0.2) is 8.42 Å². The van der Waals surface area contributed by atoms with Crippen LogP contribution in [0.1, 0.15) is 22.5 Å². The molecule has 2 amide bonds. The van der Waals surface area contributed by atoms with Crippen LogP contribution in [0.25, 0.3) is 11.0 Å². The molecule has 1 aromatic heterocycles. The molecule has 9 heteroatoms. The van der Waals surface area contributed by atoms with Crippen molar-refractivity contribution in [1.29, 1.82) is 0 Å². The number of hydrogen-bond donors (Lipinski definition) is 2. The average molecular weight is 421 g/mol. The fourth-order valence-electron chi connectivity index (χ4n) is 2.62. The van der Waals surface area contributed by atoms with Crippen molar-refractivity contribution in [2.75, 3.05) is 5.75 Å². The third kappa shape index (κ3) is 4.35. The van der Waals surface area contributed by atoms with E-state index in [-0.39, 0.29) is 17.1 Å². The summed E-state index contributed by atoms with van der Waals surface area (Å²) in [5.74, 6) is -1.59. The van der Waals surface area contributed by atoms with Crippen LogP contribution in [0.2, 0.25) is 5.02 Å². The molecule has 28 heavy (non-hydrogen) atoms. The van der Waals surface area contributed by atoms with Crippen molar-refractivity contribution < 1.29 is 22.4 Å². The number of carbonyl (C=O) groups is 2. The molecule has 0 unspecified atom stereocenters. The summed E-state index contributed by atoms with van der Waals surface area (Å²) in [4.78, 5) is 24.2. The van der Waals surface area contributed by atoms with Gasteiger partial charge in [-0.2, -0.15) is 0 Å². The van der Waals surface area contributed by atoms with E-state index in [1.54, 1.807) is 19.1 Å². The van der Waals surface area contributed by atoms with Gasteiger partial charge in [-0.1, -0.05) is 29.8 Å². The molecule has 0 spiro atoms. The highest BCUT2D eigenvalue weighted by molar-refractivity contribution is 7.91. The highest BCUT2D eigenvalue weighted by Gasteiger charge is 2.19. The Bertz CT molecular complexity index is 1140. The van der Waals surface area contributed by atoms with Crippen molar-refractivity contribution in [3.05, 3.63) is 64.9 Å². The van der Waals surface area contributed by atoms with Crippen LogP contribution in [-0.4, -0.2) is 26.0 Å². The second kappa shape index (κ2) is 8.04. The minimum Gasteiger partial charge on any atom is -0.451 e. The predicted octanol–water partition coefficient (Wildman–Crippen LogP) is 3.02. The fourth-order valence-corrected chi connectivity index (χ4v) is 3.99. The molecule has 0 aliphatic rings. The van der Waals surface area contributed by atoms with Gasteiger partial charge in [-0.15, -0.1) is 0 Å². The number of aryl methyl sites for hydroxylation is 1. The van der Waals surface area contributed by atoms with E-state index in [1.165, 1.54) is 24.3 Å². The smallest absolute Gasteiger partial charge is 0.305 e. The first kappa shape index (κ1) is 19.9. The lowest BCUT2D eigenvalue weighted by molar-refractivity contribution is -0.121. The van der Waals surface area contributed by atoms with Gasteiger partial charge in [0, 0.05) is 22.4 Å². The molecular formula is C19H17ClN2O5S. The van der Waals surface area contributed by atoms with E-state index < -0.39 is 27.4 Å². The van der Waals surface area contributed by atoms with Crippen molar-refractivity contribution in [3.8, 4) is 0 Å². The Hall–Kier alpha value is -2.84. The van der Waals surface area contributed by atoms with Gasteiger partial charge in [0.1, 0.15) is 5.58 Å². The summed E-state index contributed by atoms with van der Waals surface area (Å²) in [6.45, 7) is 1.74. The highest BCUT2D eigenvalue weighted by atomic mass is 35.5. The summed E-state index contributed by atoms with van der Waals surface area (Å²) in [5, 5.41) is 1.22. The monoisotopic (exact) mass is 420 g/mol. The predicted molar refractivity (Wildman–Crippen MR) is 105 cm³/mol. The molecule has 0 aliphatic heterocycles. The van der Waals surface area contributed by atoms with Crippen molar-refractivity contribution >= 4 is 44.2 Å². The number of para-hydroxylation sites is 1. The van der Waals surface area contributed by atoms with E-state index in [9.17, 15) is 18.0 Å². The highest BCUT2D eigenvalue weighted by Crippen LogP contribution is 2.24. The zero-order valence-corrected chi connectivity index (χ0v) is 16.4. The van der Waals surface area contributed by atoms with Crippen molar-refractivity contribution in [2.45, 2.75) is 18.2 Å². The Balaban J connectivity index is 1.57. The lowest BCUT2D eigenvalue weighted by Crippen LogP contribution is -2.42. The minimum absolute atomic E-state index is 0.0756. The van der Waals surface area contributed by atoms with Gasteiger partial charge >= 0.3 is 5.91 Å². The van der Waals surface area contributed by atoms with E-state index in [2.05, 4.69) is 10.9 Å². The van der Waals surface area contributed by atoms with Gasteiger partial charge in [0.15, 0.2) is 15.6 Å². The fraction of sp³-hybridized carbons (Fsp3) is 0.158. The minimum atomic E-state index is -3.64.